The van der Waals surface area contributed by atoms with Gasteiger partial charge >= 0.3 is 6.09 Å². The summed E-state index contributed by atoms with van der Waals surface area (Å²) in [6.45, 7) is 0. The van der Waals surface area contributed by atoms with Crippen LogP contribution in [-0.4, -0.2) is 21.0 Å². The Hall–Kier alpha value is -1.36. The van der Waals surface area contributed by atoms with Crippen molar-refractivity contribution >= 4 is 27.6 Å². The molecule has 2 heterocycles. The lowest BCUT2D eigenvalue weighted by molar-refractivity contribution is 0.194. The number of nitrogens with zero attached hydrogens (tertiary/aromatic N) is 2. The second-order valence-electron chi connectivity index (χ2n) is 2.01. The van der Waals surface area contributed by atoms with Crippen molar-refractivity contribution in [3.63, 3.8) is 0 Å². The first-order valence-electron chi connectivity index (χ1n) is 2.93. The van der Waals surface area contributed by atoms with Crippen molar-refractivity contribution in [1.29, 1.82) is 0 Å². The molecule has 0 radical (unpaired) electrons. The Bertz CT molecular complexity index is 403. The van der Waals surface area contributed by atoms with E-state index < -0.39 is 6.09 Å². The predicted molar refractivity (Wildman–Crippen MR) is 41.0 cm³/mol. The van der Waals surface area contributed by atoms with E-state index in [9.17, 15) is 4.79 Å². The van der Waals surface area contributed by atoms with Crippen LogP contribution in [0, 0.1) is 0 Å². The smallest absolute Gasteiger partial charge is 0.432 e. The normalized spacial score (nSPS) is 10.5. The van der Waals surface area contributed by atoms with Gasteiger partial charge in [-0.2, -0.15) is 9.78 Å². The van der Waals surface area contributed by atoms with Crippen LogP contribution in [0.4, 0.5) is 4.79 Å². The molecule has 0 aliphatic carbocycles. The van der Waals surface area contributed by atoms with Crippen LogP contribution in [0.15, 0.2) is 17.6 Å². The molecule has 2 aromatic rings. The summed E-state index contributed by atoms with van der Waals surface area (Å²) in [4.78, 5) is 10.5. The predicted octanol–water partition coefficient (Wildman–Crippen LogP) is 1.62. The van der Waals surface area contributed by atoms with Gasteiger partial charge in [0.25, 0.3) is 0 Å². The molecule has 2 rings (SSSR count). The highest BCUT2D eigenvalue weighted by Gasteiger charge is 2.07. The summed E-state index contributed by atoms with van der Waals surface area (Å²) in [5.74, 6) is 0. The molecule has 56 valence electrons. The van der Waals surface area contributed by atoms with Crippen molar-refractivity contribution in [2.24, 2.45) is 0 Å². The molecular formula is C6H4N2O2S. The average Bonchev–Trinajstić information content (AvgIpc) is 2.41. The maximum Gasteiger partial charge on any atom is 0.432 e. The first-order chi connectivity index (χ1) is 5.29. The van der Waals surface area contributed by atoms with Crippen molar-refractivity contribution in [2.45, 2.75) is 0 Å². The number of rotatable bonds is 0. The molecule has 0 fully saturated rings. The maximum atomic E-state index is 10.5. The largest absolute Gasteiger partial charge is 0.463 e. The highest BCUT2D eigenvalue weighted by molar-refractivity contribution is 7.17. The van der Waals surface area contributed by atoms with Crippen molar-refractivity contribution in [3.05, 3.63) is 17.6 Å². The van der Waals surface area contributed by atoms with E-state index in [-0.39, 0.29) is 0 Å². The topological polar surface area (TPSA) is 55.1 Å². The first kappa shape index (κ1) is 6.36. The monoisotopic (exact) mass is 168 g/mol. The molecule has 0 aromatic carbocycles. The van der Waals surface area contributed by atoms with Crippen LogP contribution >= 0.6 is 11.3 Å². The molecule has 0 aliphatic rings. The lowest BCUT2D eigenvalue weighted by atomic mass is 10.5. The minimum Gasteiger partial charge on any atom is -0.463 e. The van der Waals surface area contributed by atoms with Crippen LogP contribution in [0.25, 0.3) is 10.2 Å². The van der Waals surface area contributed by atoms with Gasteiger partial charge in [0.15, 0.2) is 0 Å². The van der Waals surface area contributed by atoms with Crippen LogP contribution in [0.5, 0.6) is 0 Å². The van der Waals surface area contributed by atoms with E-state index in [1.165, 1.54) is 11.3 Å². The number of hydrogen-bond acceptors (Lipinski definition) is 3. The van der Waals surface area contributed by atoms with Gasteiger partial charge < -0.3 is 5.11 Å². The third-order valence-electron chi connectivity index (χ3n) is 1.37. The third-order valence-corrected chi connectivity index (χ3v) is 2.21. The second-order valence-corrected chi connectivity index (χ2v) is 2.96. The lowest BCUT2D eigenvalue weighted by Crippen LogP contribution is -2.08. The Balaban J connectivity index is 2.78. The Morgan fingerprint density at radius 2 is 2.55 bits per heavy atom. The van der Waals surface area contributed by atoms with Gasteiger partial charge in [0.05, 0.1) is 16.4 Å². The van der Waals surface area contributed by atoms with E-state index >= 15 is 0 Å². The van der Waals surface area contributed by atoms with Crippen molar-refractivity contribution in [2.75, 3.05) is 0 Å². The summed E-state index contributed by atoms with van der Waals surface area (Å²) in [6, 6.07) is 1.74. The number of carbonyl (C=O) groups is 1. The zero-order valence-electron chi connectivity index (χ0n) is 5.39. The zero-order valence-corrected chi connectivity index (χ0v) is 6.21. The van der Waals surface area contributed by atoms with Gasteiger partial charge in [-0.1, -0.05) is 0 Å². The number of hydrogen-bond donors (Lipinski definition) is 1. The Labute approximate surface area is 65.7 Å². The molecule has 2 aromatic heterocycles. The van der Waals surface area contributed by atoms with Gasteiger partial charge in [0, 0.05) is 0 Å². The van der Waals surface area contributed by atoms with Crippen molar-refractivity contribution < 1.29 is 9.90 Å². The van der Waals surface area contributed by atoms with Crippen LogP contribution in [-0.2, 0) is 0 Å². The van der Waals surface area contributed by atoms with Crippen LogP contribution in [0.1, 0.15) is 0 Å². The average molecular weight is 168 g/mol. The SMILES string of the molecule is O=C(O)n1ncc2sccc21. The zero-order chi connectivity index (χ0) is 7.84. The molecule has 0 atom stereocenters. The lowest BCUT2D eigenvalue weighted by Gasteiger charge is -1.89. The first-order valence-corrected chi connectivity index (χ1v) is 3.81. The molecule has 5 heteroatoms. The highest BCUT2D eigenvalue weighted by Crippen LogP contribution is 2.19. The molecule has 0 bridgehead atoms. The van der Waals surface area contributed by atoms with Crippen molar-refractivity contribution in [1.82, 2.24) is 9.78 Å². The molecule has 0 saturated carbocycles. The summed E-state index contributed by atoms with van der Waals surface area (Å²) in [5, 5.41) is 14.1. The summed E-state index contributed by atoms with van der Waals surface area (Å²) < 4.78 is 1.86. The fourth-order valence-corrected chi connectivity index (χ4v) is 1.64. The molecular weight excluding hydrogens is 164 g/mol. The molecule has 0 aliphatic heterocycles. The molecule has 11 heavy (non-hydrogen) atoms. The maximum absolute atomic E-state index is 10.5. The minimum atomic E-state index is -1.04. The molecule has 4 nitrogen and oxygen atoms in total. The van der Waals surface area contributed by atoms with Gasteiger partial charge in [-0.25, -0.2) is 4.79 Å². The van der Waals surface area contributed by atoms with Crippen molar-refractivity contribution in [3.8, 4) is 0 Å². The molecule has 0 unspecified atom stereocenters. The van der Waals surface area contributed by atoms with E-state index in [2.05, 4.69) is 5.10 Å². The second kappa shape index (κ2) is 2.06. The Kier molecular flexibility index (Phi) is 1.19. The summed E-state index contributed by atoms with van der Waals surface area (Å²) in [6.07, 6.45) is 0.507. The van der Waals surface area contributed by atoms with Gasteiger partial charge in [-0.3, -0.25) is 0 Å². The number of fused-ring (bicyclic) bond motifs is 1. The summed E-state index contributed by atoms with van der Waals surface area (Å²) >= 11 is 1.48. The quantitative estimate of drug-likeness (QED) is 0.650. The van der Waals surface area contributed by atoms with E-state index in [4.69, 9.17) is 5.11 Å². The Morgan fingerprint density at radius 1 is 1.73 bits per heavy atom. The third kappa shape index (κ3) is 0.813. The van der Waals surface area contributed by atoms with Crippen LogP contribution in [0.3, 0.4) is 0 Å². The molecule has 1 N–H and O–H groups in total. The number of aromatic nitrogens is 2. The van der Waals surface area contributed by atoms with Gasteiger partial charge in [-0.15, -0.1) is 11.3 Å². The van der Waals surface area contributed by atoms with Gasteiger partial charge in [-0.05, 0) is 11.4 Å². The van der Waals surface area contributed by atoms with E-state index in [1.807, 2.05) is 5.38 Å². The molecule has 0 amide bonds. The van der Waals surface area contributed by atoms with E-state index in [0.717, 1.165) is 9.38 Å². The molecule has 0 saturated heterocycles. The fraction of sp³-hybridized carbons (Fsp3) is 0. The fourth-order valence-electron chi connectivity index (χ4n) is 0.911. The van der Waals surface area contributed by atoms with Crippen LogP contribution in [0.2, 0.25) is 0 Å². The van der Waals surface area contributed by atoms with Gasteiger partial charge in [0.1, 0.15) is 0 Å². The van der Waals surface area contributed by atoms with Crippen LogP contribution < -0.4 is 0 Å². The Morgan fingerprint density at radius 3 is 3.27 bits per heavy atom. The molecule has 0 spiro atoms. The minimum absolute atomic E-state index is 0.655. The summed E-state index contributed by atoms with van der Waals surface area (Å²) in [7, 11) is 0. The summed E-state index contributed by atoms with van der Waals surface area (Å²) in [5.41, 5.74) is 0.655. The number of thiophene rings is 1. The van der Waals surface area contributed by atoms with Gasteiger partial charge in [0.2, 0.25) is 0 Å². The highest BCUT2D eigenvalue weighted by atomic mass is 32.1. The van der Waals surface area contributed by atoms with E-state index in [0.29, 0.717) is 5.52 Å². The standard InChI is InChI=1S/C6H4N2O2S/c9-6(10)8-4-1-2-11-5(4)3-7-8/h1-3H,(H,9,10). The number of carboxylic acid groups (broad SMARTS) is 1. The van der Waals surface area contributed by atoms with E-state index in [1.54, 1.807) is 12.3 Å².